The van der Waals surface area contributed by atoms with Crippen molar-refractivity contribution >= 4 is 5.71 Å². The molecule has 0 aromatic heterocycles. The van der Waals surface area contributed by atoms with E-state index in [4.69, 9.17) is 4.74 Å². The summed E-state index contributed by atoms with van der Waals surface area (Å²) >= 11 is 0. The van der Waals surface area contributed by atoms with Crippen molar-refractivity contribution in [1.29, 1.82) is 0 Å². The van der Waals surface area contributed by atoms with Crippen molar-refractivity contribution in [3.63, 3.8) is 0 Å². The van der Waals surface area contributed by atoms with Crippen LogP contribution >= 0.6 is 0 Å². The Morgan fingerprint density at radius 2 is 2.40 bits per heavy atom. The van der Waals surface area contributed by atoms with E-state index in [2.05, 4.69) is 4.99 Å². The van der Waals surface area contributed by atoms with Crippen LogP contribution in [-0.2, 0) is 4.74 Å². The monoisotopic (exact) mass is 139 g/mol. The molecule has 0 aromatic rings. The Kier molecular flexibility index (Phi) is 1.72. The van der Waals surface area contributed by atoms with Crippen molar-refractivity contribution in [2.24, 2.45) is 0 Å². The Morgan fingerprint density at radius 1 is 1.40 bits per heavy atom. The van der Waals surface area contributed by atoms with Crippen molar-refractivity contribution in [2.75, 3.05) is 13.2 Å². The minimum Gasteiger partial charge on any atom is -0.360 e. The molecule has 1 saturated carbocycles. The lowest BCUT2D eigenvalue weighted by Gasteiger charge is -2.20. The van der Waals surface area contributed by atoms with E-state index in [0.717, 1.165) is 13.2 Å². The topological polar surface area (TPSA) is 23.3 Å². The van der Waals surface area contributed by atoms with Gasteiger partial charge in [-0.1, -0.05) is 0 Å². The van der Waals surface area contributed by atoms with E-state index in [1.54, 1.807) is 0 Å². The van der Waals surface area contributed by atoms with Crippen LogP contribution in [0.25, 0.3) is 0 Å². The zero-order valence-electron chi connectivity index (χ0n) is 6.18. The van der Waals surface area contributed by atoms with Gasteiger partial charge in [0, 0.05) is 11.4 Å². The van der Waals surface area contributed by atoms with Crippen molar-refractivity contribution in [2.45, 2.75) is 31.8 Å². The van der Waals surface area contributed by atoms with Gasteiger partial charge in [-0.05, 0) is 19.3 Å². The van der Waals surface area contributed by atoms with Crippen molar-refractivity contribution < 1.29 is 4.74 Å². The number of hydrogen-bond acceptors (Lipinski definition) is 2. The number of ether oxygens (including phenoxy) is 1. The quantitative estimate of drug-likeness (QED) is 0.485. The molecule has 0 N–H and O–H groups in total. The van der Waals surface area contributed by atoms with Crippen LogP contribution in [0.15, 0.2) is 0 Å². The molecule has 0 spiro atoms. The van der Waals surface area contributed by atoms with Crippen LogP contribution in [0, 0.1) is 0 Å². The molecule has 1 unspecified atom stereocenters. The lowest BCUT2D eigenvalue weighted by molar-refractivity contribution is 0.0768. The molecule has 1 heterocycles. The normalized spacial score (nSPS) is 32.8. The highest BCUT2D eigenvalue weighted by Gasteiger charge is 2.31. The van der Waals surface area contributed by atoms with Gasteiger partial charge in [0.05, 0.1) is 0 Å². The predicted octanol–water partition coefficient (Wildman–Crippen LogP) is 0.736. The van der Waals surface area contributed by atoms with Crippen LogP contribution in [0.1, 0.15) is 25.7 Å². The second-order valence-corrected chi connectivity index (χ2v) is 2.98. The molecule has 0 bridgehead atoms. The molecule has 55 valence electrons. The van der Waals surface area contributed by atoms with Crippen LogP contribution in [0.3, 0.4) is 0 Å². The fourth-order valence-corrected chi connectivity index (χ4v) is 1.71. The first kappa shape index (κ1) is 6.35. The van der Waals surface area contributed by atoms with E-state index in [0.29, 0.717) is 6.10 Å². The highest BCUT2D eigenvalue weighted by Crippen LogP contribution is 2.18. The summed E-state index contributed by atoms with van der Waals surface area (Å²) in [6.45, 7) is 1.74. The number of fused-ring (bicyclic) bond motifs is 1. The first-order valence-corrected chi connectivity index (χ1v) is 4.11. The minimum atomic E-state index is 0.405. The minimum absolute atomic E-state index is 0.405. The maximum absolute atomic E-state index is 5.55. The van der Waals surface area contributed by atoms with Crippen LogP contribution in [0.2, 0.25) is 0 Å². The predicted molar refractivity (Wildman–Crippen MR) is 40.2 cm³/mol. The van der Waals surface area contributed by atoms with Gasteiger partial charge in [-0.3, -0.25) is 0 Å². The zero-order chi connectivity index (χ0) is 6.81. The third-order valence-electron chi connectivity index (χ3n) is 2.25. The van der Waals surface area contributed by atoms with Gasteiger partial charge < -0.3 is 4.74 Å². The van der Waals surface area contributed by atoms with Gasteiger partial charge >= 0.3 is 0 Å². The van der Waals surface area contributed by atoms with Crippen LogP contribution in [-0.4, -0.2) is 25.0 Å². The largest absolute Gasteiger partial charge is 0.360 e. The van der Waals surface area contributed by atoms with Gasteiger partial charge in [-0.25, -0.2) is 0 Å². The molecule has 1 atom stereocenters. The molecule has 1 aliphatic heterocycles. The zero-order valence-corrected chi connectivity index (χ0v) is 6.18. The standard InChI is InChI=1S/C8H13NO/c1-2-4-8-7(3-1)9-5-6-10-8/h8H,1-6H2/q+1. The van der Waals surface area contributed by atoms with Crippen molar-refractivity contribution in [1.82, 2.24) is 4.99 Å². The summed E-state index contributed by atoms with van der Waals surface area (Å²) < 4.78 is 5.55. The van der Waals surface area contributed by atoms with Gasteiger partial charge in [-0.15, -0.1) is 0 Å². The van der Waals surface area contributed by atoms with E-state index >= 15 is 0 Å². The summed E-state index contributed by atoms with van der Waals surface area (Å²) in [5, 5.41) is 0. The van der Waals surface area contributed by atoms with E-state index in [1.165, 1.54) is 31.4 Å². The maximum Gasteiger partial charge on any atom is 0.252 e. The van der Waals surface area contributed by atoms with Crippen LogP contribution in [0.5, 0.6) is 0 Å². The molecular weight excluding hydrogens is 126 g/mol. The molecule has 1 radical (unpaired) electrons. The average molecular weight is 139 g/mol. The summed E-state index contributed by atoms with van der Waals surface area (Å²) in [7, 11) is 0. The molecule has 2 nitrogen and oxygen atoms in total. The number of hydrogen-bond donors (Lipinski definition) is 0. The summed E-state index contributed by atoms with van der Waals surface area (Å²) in [6, 6.07) is 0. The Balaban J connectivity index is 2.08. The first-order chi connectivity index (χ1) is 4.97. The molecule has 2 heteroatoms. The summed E-state index contributed by atoms with van der Waals surface area (Å²) in [5.41, 5.74) is 1.33. The molecule has 1 fully saturated rings. The van der Waals surface area contributed by atoms with Gasteiger partial charge in [-0.2, -0.15) is 0 Å². The van der Waals surface area contributed by atoms with E-state index in [9.17, 15) is 0 Å². The molecule has 0 saturated heterocycles. The highest BCUT2D eigenvalue weighted by atomic mass is 16.5. The number of nitrogens with zero attached hydrogens (tertiary/aromatic N) is 1. The van der Waals surface area contributed by atoms with Crippen molar-refractivity contribution in [3.8, 4) is 0 Å². The molecule has 2 rings (SSSR count). The van der Waals surface area contributed by atoms with E-state index in [-0.39, 0.29) is 0 Å². The SMILES string of the molecule is C1CCC2OCC[N+]=C2C1. The Hall–Kier alpha value is -0.370. The Bertz CT molecular complexity index is 153. The fourth-order valence-electron chi connectivity index (χ4n) is 1.71. The Labute approximate surface area is 61.3 Å². The number of aliphatic imine (C=N–C) groups is 1. The highest BCUT2D eigenvalue weighted by molar-refractivity contribution is 5.88. The lowest BCUT2D eigenvalue weighted by Crippen LogP contribution is -2.37. The van der Waals surface area contributed by atoms with Crippen molar-refractivity contribution in [3.05, 3.63) is 0 Å². The molecule has 0 amide bonds. The van der Waals surface area contributed by atoms with Crippen LogP contribution < -0.4 is 4.99 Å². The molecule has 1 aliphatic carbocycles. The summed E-state index contributed by atoms with van der Waals surface area (Å²) in [5.74, 6) is 0. The first-order valence-electron chi connectivity index (χ1n) is 4.11. The van der Waals surface area contributed by atoms with E-state index in [1.807, 2.05) is 0 Å². The second kappa shape index (κ2) is 2.70. The average Bonchev–Trinajstić information content (AvgIpc) is 2.05. The molecule has 0 aromatic carbocycles. The maximum atomic E-state index is 5.55. The fraction of sp³-hybridized carbons (Fsp3) is 0.875. The van der Waals surface area contributed by atoms with Gasteiger partial charge in [0.25, 0.3) is 5.71 Å². The second-order valence-electron chi connectivity index (χ2n) is 2.98. The third kappa shape index (κ3) is 1.08. The Morgan fingerprint density at radius 3 is 3.30 bits per heavy atom. The smallest absolute Gasteiger partial charge is 0.252 e. The van der Waals surface area contributed by atoms with Gasteiger partial charge in [0.2, 0.25) is 6.54 Å². The number of rotatable bonds is 0. The van der Waals surface area contributed by atoms with Crippen LogP contribution in [0.4, 0.5) is 0 Å². The lowest BCUT2D eigenvalue weighted by atomic mass is 9.95. The van der Waals surface area contributed by atoms with E-state index < -0.39 is 0 Å². The summed E-state index contributed by atoms with van der Waals surface area (Å²) in [6.07, 6.45) is 5.44. The van der Waals surface area contributed by atoms with Gasteiger partial charge in [0.1, 0.15) is 12.7 Å². The molecule has 10 heavy (non-hydrogen) atoms. The van der Waals surface area contributed by atoms with Gasteiger partial charge in [0.15, 0.2) is 0 Å². The molecule has 2 aliphatic rings. The third-order valence-corrected chi connectivity index (χ3v) is 2.25. The molecular formula is C8H13NO+. The summed E-state index contributed by atoms with van der Waals surface area (Å²) in [4.78, 5) is 4.44.